The van der Waals surface area contributed by atoms with Gasteiger partial charge < -0.3 is 9.84 Å². The molecule has 1 aromatic carbocycles. The summed E-state index contributed by atoms with van der Waals surface area (Å²) in [5, 5.41) is 9.32. The van der Waals surface area contributed by atoms with Gasteiger partial charge in [-0.1, -0.05) is 24.3 Å². The lowest BCUT2D eigenvalue weighted by Crippen LogP contribution is -2.08. The van der Waals surface area contributed by atoms with E-state index in [1.807, 2.05) is 30.3 Å². The van der Waals surface area contributed by atoms with E-state index in [9.17, 15) is 9.90 Å². The lowest BCUT2D eigenvalue weighted by atomic mass is 10.1. The number of pyridine rings is 1. The number of benzene rings is 1. The van der Waals surface area contributed by atoms with Crippen molar-refractivity contribution < 1.29 is 14.6 Å². The van der Waals surface area contributed by atoms with Crippen LogP contribution in [0.3, 0.4) is 0 Å². The molecule has 0 saturated heterocycles. The summed E-state index contributed by atoms with van der Waals surface area (Å²) in [7, 11) is 1.62. The third-order valence-electron chi connectivity index (χ3n) is 3.38. The molecule has 0 radical (unpaired) electrons. The number of carboxylic acid groups (broad SMARTS) is 1. The van der Waals surface area contributed by atoms with Gasteiger partial charge in [-0.2, -0.15) is 0 Å². The Morgan fingerprint density at radius 2 is 2.05 bits per heavy atom. The minimum atomic E-state index is -0.972. The fourth-order valence-corrected chi connectivity index (χ4v) is 2.42. The number of imidazole rings is 1. The molecular weight excluding hydrogens is 268 g/mol. The number of aromatic nitrogens is 2. The van der Waals surface area contributed by atoms with Gasteiger partial charge in [-0.25, -0.2) is 9.78 Å². The Morgan fingerprint density at radius 1 is 1.24 bits per heavy atom. The van der Waals surface area contributed by atoms with Gasteiger partial charge in [0.25, 0.3) is 0 Å². The smallest absolute Gasteiger partial charge is 0.352 e. The number of rotatable bonds is 4. The largest absolute Gasteiger partial charge is 0.496 e. The van der Waals surface area contributed by atoms with E-state index in [1.54, 1.807) is 29.8 Å². The molecule has 0 aliphatic carbocycles. The highest BCUT2D eigenvalue weighted by Crippen LogP contribution is 2.21. The van der Waals surface area contributed by atoms with Gasteiger partial charge in [0.2, 0.25) is 0 Å². The highest BCUT2D eigenvalue weighted by atomic mass is 16.5. The molecule has 0 spiro atoms. The van der Waals surface area contributed by atoms with Crippen molar-refractivity contribution in [1.82, 2.24) is 9.38 Å². The van der Waals surface area contributed by atoms with Crippen LogP contribution in [-0.4, -0.2) is 27.6 Å². The van der Waals surface area contributed by atoms with Crippen LogP contribution in [0.1, 0.15) is 21.9 Å². The maximum Gasteiger partial charge on any atom is 0.352 e. The summed E-state index contributed by atoms with van der Waals surface area (Å²) in [5.41, 5.74) is 1.93. The molecule has 5 nitrogen and oxygen atoms in total. The molecule has 3 rings (SSSR count). The number of fused-ring (bicyclic) bond motifs is 1. The number of carbonyl (C=O) groups is 1. The molecule has 2 heterocycles. The molecular formula is C16H14N2O3. The van der Waals surface area contributed by atoms with Crippen molar-refractivity contribution in [1.29, 1.82) is 0 Å². The van der Waals surface area contributed by atoms with E-state index >= 15 is 0 Å². The number of carboxylic acids is 1. The molecule has 0 bridgehead atoms. The first-order chi connectivity index (χ1) is 10.2. The summed E-state index contributed by atoms with van der Waals surface area (Å²) in [6, 6.07) is 12.8. The van der Waals surface area contributed by atoms with Crippen LogP contribution in [0.4, 0.5) is 0 Å². The quantitative estimate of drug-likeness (QED) is 0.799. The summed E-state index contributed by atoms with van der Waals surface area (Å²) in [6.45, 7) is 0. The molecule has 0 amide bonds. The number of methoxy groups -OCH3 is 1. The van der Waals surface area contributed by atoms with Crippen LogP contribution in [0.2, 0.25) is 0 Å². The number of ether oxygens (including phenoxy) is 1. The SMILES string of the molecule is COc1ccccc1Cc1ncc2cccc(C(=O)O)n12. The Bertz CT molecular complexity index is 808. The maximum atomic E-state index is 11.4. The number of hydrogen-bond donors (Lipinski definition) is 1. The minimum Gasteiger partial charge on any atom is -0.496 e. The summed E-state index contributed by atoms with van der Waals surface area (Å²) >= 11 is 0. The van der Waals surface area contributed by atoms with E-state index < -0.39 is 5.97 Å². The van der Waals surface area contributed by atoms with Crippen molar-refractivity contribution in [3.05, 3.63) is 65.7 Å². The second-order valence-corrected chi connectivity index (χ2v) is 4.64. The fourth-order valence-electron chi connectivity index (χ4n) is 2.42. The van der Waals surface area contributed by atoms with Crippen LogP contribution in [0, 0.1) is 0 Å². The summed E-state index contributed by atoms with van der Waals surface area (Å²) in [6.07, 6.45) is 2.18. The lowest BCUT2D eigenvalue weighted by Gasteiger charge is -2.09. The van der Waals surface area contributed by atoms with Crippen molar-refractivity contribution in [2.75, 3.05) is 7.11 Å². The van der Waals surface area contributed by atoms with Crippen molar-refractivity contribution in [2.24, 2.45) is 0 Å². The topological polar surface area (TPSA) is 63.8 Å². The average Bonchev–Trinajstić information content (AvgIpc) is 2.91. The van der Waals surface area contributed by atoms with Gasteiger partial charge >= 0.3 is 5.97 Å². The molecule has 0 saturated carbocycles. The monoisotopic (exact) mass is 282 g/mol. The zero-order chi connectivity index (χ0) is 14.8. The highest BCUT2D eigenvalue weighted by molar-refractivity contribution is 5.86. The van der Waals surface area contributed by atoms with Crippen LogP contribution < -0.4 is 4.74 Å². The third kappa shape index (κ3) is 2.33. The van der Waals surface area contributed by atoms with Gasteiger partial charge in [0.1, 0.15) is 17.3 Å². The van der Waals surface area contributed by atoms with E-state index in [1.165, 1.54) is 0 Å². The molecule has 2 aromatic heterocycles. The molecule has 106 valence electrons. The maximum absolute atomic E-state index is 11.4. The molecule has 1 N–H and O–H groups in total. The van der Waals surface area contributed by atoms with Crippen molar-refractivity contribution in [2.45, 2.75) is 6.42 Å². The Hall–Kier alpha value is -2.82. The van der Waals surface area contributed by atoms with Crippen molar-refractivity contribution in [3.8, 4) is 5.75 Å². The third-order valence-corrected chi connectivity index (χ3v) is 3.38. The molecule has 0 aliphatic rings. The highest BCUT2D eigenvalue weighted by Gasteiger charge is 2.14. The van der Waals surface area contributed by atoms with Crippen molar-refractivity contribution >= 4 is 11.5 Å². The van der Waals surface area contributed by atoms with E-state index in [-0.39, 0.29) is 5.69 Å². The summed E-state index contributed by atoms with van der Waals surface area (Å²) in [5.74, 6) is 0.467. The molecule has 21 heavy (non-hydrogen) atoms. The van der Waals surface area contributed by atoms with Gasteiger partial charge in [-0.15, -0.1) is 0 Å². The van der Waals surface area contributed by atoms with Crippen LogP contribution in [0.15, 0.2) is 48.7 Å². The van der Waals surface area contributed by atoms with E-state index in [4.69, 9.17) is 4.74 Å². The first-order valence-electron chi connectivity index (χ1n) is 6.51. The number of para-hydroxylation sites is 1. The molecule has 5 heteroatoms. The predicted octanol–water partition coefficient (Wildman–Crippen LogP) is 2.63. The van der Waals surface area contributed by atoms with Gasteiger partial charge in [-0.05, 0) is 18.2 Å². The number of aromatic carboxylic acids is 1. The van der Waals surface area contributed by atoms with Crippen LogP contribution in [0.25, 0.3) is 5.52 Å². The van der Waals surface area contributed by atoms with Crippen LogP contribution in [0.5, 0.6) is 5.75 Å². The first-order valence-corrected chi connectivity index (χ1v) is 6.51. The zero-order valence-electron chi connectivity index (χ0n) is 11.5. The van der Waals surface area contributed by atoms with Crippen LogP contribution in [-0.2, 0) is 6.42 Å². The molecule has 0 atom stereocenters. The van der Waals surface area contributed by atoms with Gasteiger partial charge in [0, 0.05) is 12.0 Å². The second kappa shape index (κ2) is 5.28. The average molecular weight is 282 g/mol. The summed E-state index contributed by atoms with van der Waals surface area (Å²) < 4.78 is 6.99. The molecule has 0 fully saturated rings. The van der Waals surface area contributed by atoms with E-state index in [0.29, 0.717) is 12.2 Å². The summed E-state index contributed by atoms with van der Waals surface area (Å²) in [4.78, 5) is 15.7. The van der Waals surface area contributed by atoms with Crippen molar-refractivity contribution in [3.63, 3.8) is 0 Å². The second-order valence-electron chi connectivity index (χ2n) is 4.64. The fraction of sp³-hybridized carbons (Fsp3) is 0.125. The Kier molecular flexibility index (Phi) is 3.31. The van der Waals surface area contributed by atoms with Gasteiger partial charge in [0.15, 0.2) is 0 Å². The molecule has 0 aliphatic heterocycles. The normalized spacial score (nSPS) is 10.7. The van der Waals surface area contributed by atoms with E-state index in [0.717, 1.165) is 16.8 Å². The van der Waals surface area contributed by atoms with E-state index in [2.05, 4.69) is 4.98 Å². The molecule has 0 unspecified atom stereocenters. The Balaban J connectivity index is 2.11. The Labute approximate surface area is 121 Å². The van der Waals surface area contributed by atoms with Crippen LogP contribution >= 0.6 is 0 Å². The molecule has 3 aromatic rings. The minimum absolute atomic E-state index is 0.204. The first kappa shape index (κ1) is 13.2. The zero-order valence-corrected chi connectivity index (χ0v) is 11.5. The van der Waals surface area contributed by atoms with Gasteiger partial charge in [-0.3, -0.25) is 4.40 Å². The van der Waals surface area contributed by atoms with Gasteiger partial charge in [0.05, 0.1) is 18.8 Å². The Morgan fingerprint density at radius 3 is 2.81 bits per heavy atom. The standard InChI is InChI=1S/C16H14N2O3/c1-21-14-8-3-2-5-11(14)9-15-17-10-12-6-4-7-13(16(19)20)18(12)15/h2-8,10H,9H2,1H3,(H,19,20). The number of hydrogen-bond acceptors (Lipinski definition) is 3. The lowest BCUT2D eigenvalue weighted by molar-refractivity contribution is 0.0688. The predicted molar refractivity (Wildman–Crippen MR) is 78.0 cm³/mol. The number of nitrogens with zero attached hydrogens (tertiary/aromatic N) is 2.